The molecule has 0 radical (unpaired) electrons. The van der Waals surface area contributed by atoms with Crippen LogP contribution in [0.25, 0.3) is 0 Å². The topological polar surface area (TPSA) is 88.9 Å². The van der Waals surface area contributed by atoms with Gasteiger partial charge in [0.25, 0.3) is 5.91 Å². The molecule has 0 bridgehead atoms. The summed E-state index contributed by atoms with van der Waals surface area (Å²) < 4.78 is 2.80. The number of carbonyl (C=O) groups is 2. The minimum atomic E-state index is -0.375. The van der Waals surface area contributed by atoms with Gasteiger partial charge in [-0.3, -0.25) is 9.59 Å². The van der Waals surface area contributed by atoms with E-state index < -0.39 is 0 Å². The van der Waals surface area contributed by atoms with Crippen LogP contribution in [0, 0.1) is 6.92 Å². The molecule has 32 heavy (non-hydrogen) atoms. The first-order valence-electron chi connectivity index (χ1n) is 9.97. The quantitative estimate of drug-likeness (QED) is 0.318. The Morgan fingerprint density at radius 2 is 1.91 bits per heavy atom. The van der Waals surface area contributed by atoms with E-state index >= 15 is 0 Å². The van der Waals surface area contributed by atoms with Gasteiger partial charge in [-0.2, -0.15) is 0 Å². The van der Waals surface area contributed by atoms with E-state index in [1.807, 2.05) is 60.9 Å². The van der Waals surface area contributed by atoms with Crippen LogP contribution in [-0.4, -0.2) is 32.3 Å². The number of anilines is 1. The number of hydrogen-bond acceptors (Lipinski definition) is 5. The minimum Gasteiger partial charge on any atom is -0.342 e. The summed E-state index contributed by atoms with van der Waals surface area (Å²) in [5.41, 5.74) is 2.24. The van der Waals surface area contributed by atoms with E-state index in [0.29, 0.717) is 23.1 Å². The summed E-state index contributed by atoms with van der Waals surface area (Å²) in [6, 6.07) is 14.4. The highest BCUT2D eigenvalue weighted by molar-refractivity contribution is 9.10. The van der Waals surface area contributed by atoms with Gasteiger partial charge in [0.1, 0.15) is 0 Å². The van der Waals surface area contributed by atoms with E-state index in [1.54, 1.807) is 12.1 Å². The molecule has 1 aromatic heterocycles. The predicted molar refractivity (Wildman–Crippen MR) is 131 cm³/mol. The molecule has 2 aromatic carbocycles. The van der Waals surface area contributed by atoms with Gasteiger partial charge >= 0.3 is 0 Å². The van der Waals surface area contributed by atoms with Crippen LogP contribution in [0.2, 0.25) is 0 Å². The fraction of sp³-hybridized carbons (Fsp3) is 0.217. The molecular weight excluding hydrogens is 490 g/mol. The summed E-state index contributed by atoms with van der Waals surface area (Å²) in [6.07, 6.45) is 1.73. The molecule has 0 unspecified atom stereocenters. The van der Waals surface area contributed by atoms with Crippen molar-refractivity contribution in [3.8, 4) is 0 Å². The molecule has 1 atom stereocenters. The zero-order chi connectivity index (χ0) is 23.1. The fourth-order valence-corrected chi connectivity index (χ4v) is 4.07. The molecule has 9 heteroatoms. The SMILES string of the molecule is C=CCn1c(SCC(=O)Nc2ccc(Br)cc2)nnc1[C@@H](C)NC(=O)c1ccccc1C. The Kier molecular flexibility index (Phi) is 8.24. The van der Waals surface area contributed by atoms with Gasteiger partial charge in [-0.25, -0.2) is 0 Å². The molecule has 7 nitrogen and oxygen atoms in total. The molecule has 0 aliphatic carbocycles. The highest BCUT2D eigenvalue weighted by atomic mass is 79.9. The summed E-state index contributed by atoms with van der Waals surface area (Å²) in [6.45, 7) is 8.01. The summed E-state index contributed by atoms with van der Waals surface area (Å²) >= 11 is 4.65. The fourth-order valence-electron chi connectivity index (χ4n) is 3.05. The Hall–Kier alpha value is -2.91. The lowest BCUT2D eigenvalue weighted by molar-refractivity contribution is -0.113. The van der Waals surface area contributed by atoms with Gasteiger partial charge in [0.2, 0.25) is 5.91 Å². The van der Waals surface area contributed by atoms with Crippen LogP contribution in [0.3, 0.4) is 0 Å². The van der Waals surface area contributed by atoms with E-state index in [0.717, 1.165) is 15.7 Å². The van der Waals surface area contributed by atoms with E-state index in [9.17, 15) is 9.59 Å². The summed E-state index contributed by atoms with van der Waals surface area (Å²) in [4.78, 5) is 25.0. The standard InChI is InChI=1S/C23H24BrN5O2S/c1-4-13-29-21(16(3)25-22(31)19-8-6-5-7-15(19)2)27-28-23(29)32-14-20(30)26-18-11-9-17(24)10-12-18/h4-12,16H,1,13-14H2,2-3H3,(H,25,31)(H,26,30)/t16-/m1/s1. The van der Waals surface area contributed by atoms with Crippen LogP contribution in [0.1, 0.15) is 34.7 Å². The van der Waals surface area contributed by atoms with Crippen molar-refractivity contribution in [2.75, 3.05) is 11.1 Å². The largest absolute Gasteiger partial charge is 0.342 e. The molecule has 1 heterocycles. The summed E-state index contributed by atoms with van der Waals surface area (Å²) in [5, 5.41) is 14.9. The molecule has 0 fully saturated rings. The van der Waals surface area contributed by atoms with Gasteiger partial charge in [0, 0.05) is 22.3 Å². The van der Waals surface area contributed by atoms with Crippen molar-refractivity contribution < 1.29 is 9.59 Å². The zero-order valence-corrected chi connectivity index (χ0v) is 20.2. The number of allylic oxidation sites excluding steroid dienone is 1. The van der Waals surface area contributed by atoms with Gasteiger partial charge in [0.15, 0.2) is 11.0 Å². The number of carbonyl (C=O) groups excluding carboxylic acids is 2. The second kappa shape index (κ2) is 11.1. The molecule has 0 aliphatic rings. The van der Waals surface area contributed by atoms with Gasteiger partial charge < -0.3 is 15.2 Å². The lowest BCUT2D eigenvalue weighted by atomic mass is 10.1. The van der Waals surface area contributed by atoms with Gasteiger partial charge in [0.05, 0.1) is 11.8 Å². The lowest BCUT2D eigenvalue weighted by Gasteiger charge is -2.16. The van der Waals surface area contributed by atoms with E-state index in [1.165, 1.54) is 11.8 Å². The number of nitrogens with one attached hydrogen (secondary N) is 2. The van der Waals surface area contributed by atoms with Crippen molar-refractivity contribution in [2.24, 2.45) is 0 Å². The van der Waals surface area contributed by atoms with Crippen LogP contribution in [0.4, 0.5) is 5.69 Å². The Bertz CT molecular complexity index is 1110. The number of halogens is 1. The average molecular weight is 514 g/mol. The molecule has 3 rings (SSSR count). The summed E-state index contributed by atoms with van der Waals surface area (Å²) in [5.74, 6) is 0.456. The first-order chi connectivity index (χ1) is 15.4. The number of nitrogens with zero attached hydrogens (tertiary/aromatic N) is 3. The predicted octanol–water partition coefficient (Wildman–Crippen LogP) is 4.76. The minimum absolute atomic E-state index is 0.145. The second-order valence-electron chi connectivity index (χ2n) is 7.09. The number of amides is 2. The molecule has 0 saturated carbocycles. The highest BCUT2D eigenvalue weighted by Crippen LogP contribution is 2.22. The van der Waals surface area contributed by atoms with Crippen molar-refractivity contribution in [3.05, 3.63) is 82.6 Å². The van der Waals surface area contributed by atoms with Crippen LogP contribution in [0.5, 0.6) is 0 Å². The van der Waals surface area contributed by atoms with Crippen molar-refractivity contribution in [1.29, 1.82) is 0 Å². The number of hydrogen-bond donors (Lipinski definition) is 2. The number of benzene rings is 2. The Morgan fingerprint density at radius 1 is 1.19 bits per heavy atom. The normalized spacial score (nSPS) is 11.6. The smallest absolute Gasteiger partial charge is 0.252 e. The number of thioether (sulfide) groups is 1. The van der Waals surface area contributed by atoms with Gasteiger partial charge in [-0.1, -0.05) is 52.0 Å². The number of aromatic nitrogens is 3. The van der Waals surface area contributed by atoms with Crippen LogP contribution in [-0.2, 0) is 11.3 Å². The first kappa shape index (κ1) is 23.7. The van der Waals surface area contributed by atoms with Crippen LogP contribution < -0.4 is 10.6 Å². The maximum atomic E-state index is 12.7. The molecule has 2 amide bonds. The third kappa shape index (κ3) is 6.08. The second-order valence-corrected chi connectivity index (χ2v) is 8.95. The molecule has 0 saturated heterocycles. The maximum absolute atomic E-state index is 12.7. The maximum Gasteiger partial charge on any atom is 0.252 e. The highest BCUT2D eigenvalue weighted by Gasteiger charge is 2.21. The van der Waals surface area contributed by atoms with Crippen molar-refractivity contribution in [2.45, 2.75) is 31.6 Å². The third-order valence-electron chi connectivity index (χ3n) is 4.64. The van der Waals surface area contributed by atoms with Gasteiger partial charge in [-0.05, 0) is 49.7 Å². The van der Waals surface area contributed by atoms with Gasteiger partial charge in [-0.15, -0.1) is 16.8 Å². The Morgan fingerprint density at radius 3 is 2.59 bits per heavy atom. The average Bonchev–Trinajstić information content (AvgIpc) is 3.17. The number of rotatable bonds is 9. The molecule has 3 aromatic rings. The van der Waals surface area contributed by atoms with Crippen molar-refractivity contribution in [1.82, 2.24) is 20.1 Å². The number of aryl methyl sites for hydroxylation is 1. The molecule has 0 aliphatic heterocycles. The molecule has 2 N–H and O–H groups in total. The van der Waals surface area contributed by atoms with E-state index in [4.69, 9.17) is 0 Å². The van der Waals surface area contributed by atoms with E-state index in [2.05, 4.69) is 43.3 Å². The zero-order valence-electron chi connectivity index (χ0n) is 17.8. The molecule has 0 spiro atoms. The Labute approximate surface area is 199 Å². The van der Waals surface area contributed by atoms with Crippen LogP contribution in [0.15, 0.2) is 70.8 Å². The first-order valence-corrected chi connectivity index (χ1v) is 11.8. The summed E-state index contributed by atoms with van der Waals surface area (Å²) in [7, 11) is 0. The van der Waals surface area contributed by atoms with Crippen molar-refractivity contribution in [3.63, 3.8) is 0 Å². The Balaban J connectivity index is 1.67. The van der Waals surface area contributed by atoms with Crippen LogP contribution >= 0.6 is 27.7 Å². The van der Waals surface area contributed by atoms with Crippen molar-refractivity contribution >= 4 is 45.2 Å². The lowest BCUT2D eigenvalue weighted by Crippen LogP contribution is -2.29. The molecular formula is C23H24BrN5O2S. The molecule has 166 valence electrons. The van der Waals surface area contributed by atoms with E-state index in [-0.39, 0.29) is 23.6 Å². The third-order valence-corrected chi connectivity index (χ3v) is 6.14. The monoisotopic (exact) mass is 513 g/mol.